The van der Waals surface area contributed by atoms with E-state index in [-0.39, 0.29) is 5.91 Å². The van der Waals surface area contributed by atoms with Gasteiger partial charge in [-0.2, -0.15) is 0 Å². The van der Waals surface area contributed by atoms with Crippen molar-refractivity contribution in [3.05, 3.63) is 30.3 Å². The number of para-hydroxylation sites is 1. The Kier molecular flexibility index (Phi) is 3.90. The van der Waals surface area contributed by atoms with Crippen molar-refractivity contribution in [1.82, 2.24) is 0 Å². The average Bonchev–Trinajstić information content (AvgIpc) is 3.01. The fourth-order valence-corrected chi connectivity index (χ4v) is 3.56. The predicted octanol–water partition coefficient (Wildman–Crippen LogP) is 2.02. The SMILES string of the molecule is CC1(C)O[C@@H]2O[C@H](C(=O)Nc3ccccc3)[C@@H]3OC(C)(C)O[C@H]3[C@@H]2O1. The molecule has 136 valence electrons. The number of carbonyl (C=O) groups is 1. The third kappa shape index (κ3) is 3.18. The van der Waals surface area contributed by atoms with E-state index in [1.54, 1.807) is 0 Å². The zero-order chi connectivity index (χ0) is 17.8. The Morgan fingerprint density at radius 2 is 1.48 bits per heavy atom. The van der Waals surface area contributed by atoms with Gasteiger partial charge >= 0.3 is 0 Å². The van der Waals surface area contributed by atoms with Crippen molar-refractivity contribution in [1.29, 1.82) is 0 Å². The van der Waals surface area contributed by atoms with Crippen molar-refractivity contribution in [2.75, 3.05) is 5.32 Å². The third-order valence-electron chi connectivity index (χ3n) is 4.45. The number of rotatable bonds is 2. The molecule has 1 amide bonds. The minimum absolute atomic E-state index is 0.297. The molecule has 3 fully saturated rings. The molecule has 1 aromatic carbocycles. The van der Waals surface area contributed by atoms with Crippen LogP contribution in [0.5, 0.6) is 0 Å². The van der Waals surface area contributed by atoms with Gasteiger partial charge in [0, 0.05) is 5.69 Å². The van der Waals surface area contributed by atoms with E-state index in [1.165, 1.54) is 0 Å². The van der Waals surface area contributed by atoms with Gasteiger partial charge in [0.15, 0.2) is 24.0 Å². The van der Waals surface area contributed by atoms with Crippen LogP contribution in [-0.2, 0) is 28.5 Å². The van der Waals surface area contributed by atoms with Gasteiger partial charge in [-0.25, -0.2) is 0 Å². The van der Waals surface area contributed by atoms with Crippen molar-refractivity contribution in [3.8, 4) is 0 Å². The van der Waals surface area contributed by atoms with Gasteiger partial charge in [0.25, 0.3) is 5.91 Å². The van der Waals surface area contributed by atoms with Gasteiger partial charge in [0.1, 0.15) is 18.3 Å². The molecule has 0 spiro atoms. The van der Waals surface area contributed by atoms with E-state index in [0.717, 1.165) is 0 Å². The minimum Gasteiger partial charge on any atom is -0.342 e. The number of carbonyl (C=O) groups excluding carboxylic acids is 1. The average molecular weight is 349 g/mol. The number of fused-ring (bicyclic) bond motifs is 3. The lowest BCUT2D eigenvalue weighted by Gasteiger charge is -2.36. The maximum Gasteiger partial charge on any atom is 0.256 e. The molecule has 1 N–H and O–H groups in total. The molecule has 5 atom stereocenters. The van der Waals surface area contributed by atoms with Crippen molar-refractivity contribution in [2.24, 2.45) is 0 Å². The number of hydrogen-bond acceptors (Lipinski definition) is 6. The Bertz CT molecular complexity index is 661. The summed E-state index contributed by atoms with van der Waals surface area (Å²) >= 11 is 0. The van der Waals surface area contributed by atoms with Crippen molar-refractivity contribution < 1.29 is 28.5 Å². The molecule has 0 radical (unpaired) electrons. The van der Waals surface area contributed by atoms with E-state index in [1.807, 2.05) is 58.0 Å². The Balaban J connectivity index is 1.58. The largest absolute Gasteiger partial charge is 0.342 e. The number of benzene rings is 1. The molecule has 25 heavy (non-hydrogen) atoms. The van der Waals surface area contributed by atoms with Crippen LogP contribution in [0.3, 0.4) is 0 Å². The van der Waals surface area contributed by atoms with Crippen molar-refractivity contribution in [2.45, 2.75) is 70.0 Å². The lowest BCUT2D eigenvalue weighted by atomic mass is 9.98. The van der Waals surface area contributed by atoms with E-state index in [4.69, 9.17) is 23.7 Å². The molecule has 4 rings (SSSR count). The summed E-state index contributed by atoms with van der Waals surface area (Å²) < 4.78 is 29.6. The van der Waals surface area contributed by atoms with Crippen LogP contribution in [0.4, 0.5) is 5.69 Å². The molecule has 0 unspecified atom stereocenters. The summed E-state index contributed by atoms with van der Waals surface area (Å²) in [5, 5.41) is 2.86. The molecular formula is C18H23NO6. The lowest BCUT2D eigenvalue weighted by molar-refractivity contribution is -0.229. The first-order chi connectivity index (χ1) is 11.7. The van der Waals surface area contributed by atoms with Gasteiger partial charge in [-0.3, -0.25) is 4.79 Å². The molecule has 7 heteroatoms. The lowest BCUT2D eigenvalue weighted by Crippen LogP contribution is -2.58. The molecule has 3 aliphatic heterocycles. The highest BCUT2D eigenvalue weighted by atomic mass is 16.9. The van der Waals surface area contributed by atoms with Gasteiger partial charge in [-0.05, 0) is 39.8 Å². The van der Waals surface area contributed by atoms with Gasteiger partial charge in [0.05, 0.1) is 0 Å². The molecule has 3 aliphatic rings. The Morgan fingerprint density at radius 1 is 0.880 bits per heavy atom. The third-order valence-corrected chi connectivity index (χ3v) is 4.45. The summed E-state index contributed by atoms with van der Waals surface area (Å²) in [5.74, 6) is -1.93. The van der Waals surface area contributed by atoms with Crippen LogP contribution < -0.4 is 5.32 Å². The molecule has 0 bridgehead atoms. The summed E-state index contributed by atoms with van der Waals surface area (Å²) in [6.07, 6.45) is -2.99. The quantitative estimate of drug-likeness (QED) is 0.880. The molecule has 0 aromatic heterocycles. The first-order valence-corrected chi connectivity index (χ1v) is 8.47. The van der Waals surface area contributed by atoms with E-state index in [0.29, 0.717) is 5.69 Å². The van der Waals surface area contributed by atoms with Gasteiger partial charge in [0.2, 0.25) is 0 Å². The van der Waals surface area contributed by atoms with E-state index in [9.17, 15) is 4.79 Å². The van der Waals surface area contributed by atoms with E-state index < -0.39 is 42.3 Å². The monoisotopic (exact) mass is 349 g/mol. The van der Waals surface area contributed by atoms with Crippen LogP contribution in [0.2, 0.25) is 0 Å². The standard InChI is InChI=1S/C18H23NO6/c1-17(2)22-11-12(23-17)14-16(25-18(3,4)24-14)21-13(11)15(20)19-10-8-6-5-7-9-10/h5-9,11-14,16H,1-4H3,(H,19,20)/t11-,12-,13+,14+,16+/m1/s1. The van der Waals surface area contributed by atoms with E-state index >= 15 is 0 Å². The topological polar surface area (TPSA) is 75.3 Å². The molecule has 0 saturated carbocycles. The number of ether oxygens (including phenoxy) is 5. The number of nitrogens with one attached hydrogen (secondary N) is 1. The summed E-state index contributed by atoms with van der Waals surface area (Å²) in [7, 11) is 0. The summed E-state index contributed by atoms with van der Waals surface area (Å²) in [5.41, 5.74) is 0.692. The van der Waals surface area contributed by atoms with Crippen LogP contribution >= 0.6 is 0 Å². The molecule has 3 heterocycles. The van der Waals surface area contributed by atoms with Crippen LogP contribution in [0.25, 0.3) is 0 Å². The van der Waals surface area contributed by atoms with Crippen LogP contribution in [0.1, 0.15) is 27.7 Å². The summed E-state index contributed by atoms with van der Waals surface area (Å²) in [6, 6.07) is 9.22. The number of anilines is 1. The second-order valence-electron chi connectivity index (χ2n) is 7.45. The number of amides is 1. The molecule has 7 nitrogen and oxygen atoms in total. The highest BCUT2D eigenvalue weighted by Gasteiger charge is 2.62. The van der Waals surface area contributed by atoms with Crippen LogP contribution in [-0.4, -0.2) is 48.2 Å². The Labute approximate surface area is 146 Å². The molecule has 3 saturated heterocycles. The van der Waals surface area contributed by atoms with Gasteiger partial charge in [-0.1, -0.05) is 18.2 Å². The maximum absolute atomic E-state index is 12.8. The van der Waals surface area contributed by atoms with Crippen LogP contribution in [0.15, 0.2) is 30.3 Å². The van der Waals surface area contributed by atoms with Gasteiger partial charge < -0.3 is 29.0 Å². The maximum atomic E-state index is 12.8. The van der Waals surface area contributed by atoms with E-state index in [2.05, 4.69) is 5.32 Å². The van der Waals surface area contributed by atoms with Gasteiger partial charge in [-0.15, -0.1) is 0 Å². The first kappa shape index (κ1) is 16.9. The zero-order valence-corrected chi connectivity index (χ0v) is 14.7. The fraction of sp³-hybridized carbons (Fsp3) is 0.611. The van der Waals surface area contributed by atoms with Crippen molar-refractivity contribution >= 4 is 11.6 Å². The summed E-state index contributed by atoms with van der Waals surface area (Å²) in [6.45, 7) is 7.24. The molecule has 1 aromatic rings. The second kappa shape index (κ2) is 5.75. The summed E-state index contributed by atoms with van der Waals surface area (Å²) in [4.78, 5) is 12.8. The minimum atomic E-state index is -0.856. The normalized spacial score (nSPS) is 38.0. The Morgan fingerprint density at radius 3 is 2.20 bits per heavy atom. The highest BCUT2D eigenvalue weighted by Crippen LogP contribution is 2.44. The van der Waals surface area contributed by atoms with Crippen LogP contribution in [0, 0.1) is 0 Å². The zero-order valence-electron chi connectivity index (χ0n) is 14.7. The predicted molar refractivity (Wildman–Crippen MR) is 87.6 cm³/mol. The Hall–Kier alpha value is -1.51. The fourth-order valence-electron chi connectivity index (χ4n) is 3.56. The second-order valence-corrected chi connectivity index (χ2v) is 7.45. The highest BCUT2D eigenvalue weighted by molar-refractivity contribution is 5.94. The molecular weight excluding hydrogens is 326 g/mol. The number of hydrogen-bond donors (Lipinski definition) is 1. The smallest absolute Gasteiger partial charge is 0.256 e. The van der Waals surface area contributed by atoms with Crippen molar-refractivity contribution in [3.63, 3.8) is 0 Å². The molecule has 0 aliphatic carbocycles. The first-order valence-electron chi connectivity index (χ1n) is 8.47.